The first kappa shape index (κ1) is 31.7. The minimum atomic E-state index is -2.76. The minimum absolute atomic E-state index is 0.000438. The molecule has 13 heteroatoms. The minimum Gasteiger partial charge on any atom is -0.507 e. The standard InChI is InChI=1S/C31H41N5O8/c1-33-30(43)14-6-8-36(9-7-14)13-16-12-19(34(2)3)17-10-15-11-18-23(35(4)5)26(39)22(29(32)42)28(41)31(18,44)27(40)20(15)25(38)21(17)24(16)37/h12,14-15,18,20,22-23,37,44H,6-11,13H2,1-5H3,(H2,32,42)(H,33,43)/t15-,18-,20?,22?,23-,31-/m0/s1. The van der Waals surface area contributed by atoms with Gasteiger partial charge in [0.1, 0.15) is 5.75 Å². The maximum Gasteiger partial charge on any atom is 0.235 e. The summed E-state index contributed by atoms with van der Waals surface area (Å²) in [5.74, 6) is -10.7. The van der Waals surface area contributed by atoms with E-state index in [-0.39, 0.29) is 36.0 Å². The van der Waals surface area contributed by atoms with Crippen LogP contribution < -0.4 is 16.0 Å². The number of piperidine rings is 1. The van der Waals surface area contributed by atoms with Crippen LogP contribution in [0.2, 0.25) is 0 Å². The topological polar surface area (TPSA) is 191 Å². The number of likely N-dealkylation sites (tertiary alicyclic amines) is 1. The van der Waals surface area contributed by atoms with Gasteiger partial charge in [0.15, 0.2) is 34.7 Å². The predicted octanol–water partition coefficient (Wildman–Crippen LogP) is -1.11. The molecule has 1 saturated heterocycles. The molecule has 0 bridgehead atoms. The smallest absolute Gasteiger partial charge is 0.235 e. The fourth-order valence-corrected chi connectivity index (χ4v) is 8.02. The third-order valence-electron chi connectivity index (χ3n) is 10.2. The Morgan fingerprint density at radius 2 is 1.73 bits per heavy atom. The molecule has 0 spiro atoms. The van der Waals surface area contributed by atoms with Gasteiger partial charge in [-0.1, -0.05) is 0 Å². The molecule has 1 aliphatic heterocycles. The van der Waals surface area contributed by atoms with E-state index in [0.29, 0.717) is 49.3 Å². The van der Waals surface area contributed by atoms with Crippen LogP contribution >= 0.6 is 0 Å². The van der Waals surface area contributed by atoms with Gasteiger partial charge in [-0.2, -0.15) is 0 Å². The van der Waals surface area contributed by atoms with Gasteiger partial charge in [-0.05, 0) is 70.4 Å². The highest BCUT2D eigenvalue weighted by atomic mass is 16.3. The summed E-state index contributed by atoms with van der Waals surface area (Å²) in [5, 5.41) is 26.0. The summed E-state index contributed by atoms with van der Waals surface area (Å²) in [6.07, 6.45) is 1.50. The van der Waals surface area contributed by atoms with Gasteiger partial charge in [0.05, 0.1) is 17.5 Å². The predicted molar refractivity (Wildman–Crippen MR) is 158 cm³/mol. The molecule has 6 atom stereocenters. The SMILES string of the molecule is CNC(=O)C1CCN(Cc2cc(N(C)C)c3c(c2O)C(=O)C2C(=O)[C@]4(O)C(=O)C(C(N)=O)C(=O)[C@@H](N(C)C)[C@@H]4C[C@@H]2C3)CC1. The molecule has 2 unspecified atom stereocenters. The number of Topliss-reactive ketones (excluding diaryl/α,β-unsaturated/α-hetero) is 4. The number of primary amides is 1. The van der Waals surface area contributed by atoms with Gasteiger partial charge in [0.2, 0.25) is 11.8 Å². The van der Waals surface area contributed by atoms with Gasteiger partial charge < -0.3 is 26.2 Å². The number of fused-ring (bicyclic) bond motifs is 3. The maximum atomic E-state index is 14.2. The molecule has 1 aromatic rings. The number of hydrogen-bond donors (Lipinski definition) is 4. The van der Waals surface area contributed by atoms with Crippen molar-refractivity contribution >= 4 is 40.6 Å². The zero-order chi connectivity index (χ0) is 32.4. The third kappa shape index (κ3) is 4.72. The van der Waals surface area contributed by atoms with Crippen molar-refractivity contribution < 1.29 is 39.0 Å². The third-order valence-corrected chi connectivity index (χ3v) is 10.2. The quantitative estimate of drug-likeness (QED) is 0.285. The number of aromatic hydroxyl groups is 1. The number of hydrogen-bond acceptors (Lipinski definition) is 11. The van der Waals surface area contributed by atoms with E-state index in [2.05, 4.69) is 10.2 Å². The molecule has 2 saturated carbocycles. The van der Waals surface area contributed by atoms with Crippen LogP contribution in [0.25, 0.3) is 0 Å². The second-order valence-electron chi connectivity index (χ2n) is 13.1. The van der Waals surface area contributed by atoms with Gasteiger partial charge in [0, 0.05) is 50.8 Å². The zero-order valence-electron chi connectivity index (χ0n) is 25.8. The molecule has 44 heavy (non-hydrogen) atoms. The van der Waals surface area contributed by atoms with Crippen LogP contribution in [0, 0.1) is 29.6 Å². The van der Waals surface area contributed by atoms with E-state index in [4.69, 9.17) is 5.73 Å². The highest BCUT2D eigenvalue weighted by Gasteiger charge is 2.69. The number of amides is 2. The van der Waals surface area contributed by atoms with Crippen LogP contribution in [-0.4, -0.2) is 115 Å². The molecule has 2 amide bonds. The molecule has 13 nitrogen and oxygen atoms in total. The number of carbonyl (C=O) groups excluding carboxylic acids is 6. The lowest BCUT2D eigenvalue weighted by Gasteiger charge is -2.52. The van der Waals surface area contributed by atoms with Crippen LogP contribution in [0.4, 0.5) is 5.69 Å². The lowest BCUT2D eigenvalue weighted by atomic mass is 9.52. The highest BCUT2D eigenvalue weighted by molar-refractivity contribution is 6.32. The molecular formula is C31H41N5O8. The van der Waals surface area contributed by atoms with Crippen molar-refractivity contribution in [2.45, 2.75) is 43.9 Å². The largest absolute Gasteiger partial charge is 0.507 e. The van der Waals surface area contributed by atoms with Crippen LogP contribution in [0.1, 0.15) is 40.7 Å². The van der Waals surface area contributed by atoms with E-state index >= 15 is 0 Å². The Hall–Kier alpha value is -3.68. The summed E-state index contributed by atoms with van der Waals surface area (Å²) in [4.78, 5) is 84.8. The Bertz CT molecular complexity index is 1450. The Morgan fingerprint density at radius 1 is 1.09 bits per heavy atom. The number of ketones is 4. The molecule has 3 aliphatic carbocycles. The van der Waals surface area contributed by atoms with Crippen molar-refractivity contribution in [3.05, 3.63) is 22.8 Å². The highest BCUT2D eigenvalue weighted by Crippen LogP contribution is 2.52. The average molecular weight is 612 g/mol. The number of likely N-dealkylation sites (N-methyl/N-ethyl adjacent to an activating group) is 1. The van der Waals surface area contributed by atoms with Gasteiger partial charge in [-0.3, -0.25) is 38.6 Å². The number of nitrogens with zero attached hydrogens (tertiary/aromatic N) is 3. The molecule has 3 fully saturated rings. The zero-order valence-corrected chi connectivity index (χ0v) is 25.8. The number of phenols is 1. The fourth-order valence-electron chi connectivity index (χ4n) is 8.02. The summed E-state index contributed by atoms with van der Waals surface area (Å²) in [6, 6.07) is 0.690. The second-order valence-corrected chi connectivity index (χ2v) is 13.1. The molecule has 238 valence electrons. The van der Waals surface area contributed by atoms with Crippen LogP contribution in [0.3, 0.4) is 0 Å². The number of aliphatic hydroxyl groups is 1. The Morgan fingerprint density at radius 3 is 2.27 bits per heavy atom. The molecular weight excluding hydrogens is 570 g/mol. The number of benzene rings is 1. The molecule has 1 aromatic carbocycles. The fraction of sp³-hybridized carbons (Fsp3) is 0.613. The summed E-state index contributed by atoms with van der Waals surface area (Å²) in [6.45, 7) is 1.55. The van der Waals surface area contributed by atoms with Gasteiger partial charge in [-0.15, -0.1) is 0 Å². The number of rotatable bonds is 6. The second kappa shape index (κ2) is 11.4. The van der Waals surface area contributed by atoms with E-state index in [1.165, 1.54) is 4.90 Å². The summed E-state index contributed by atoms with van der Waals surface area (Å²) < 4.78 is 0. The Kier molecular flexibility index (Phi) is 8.19. The summed E-state index contributed by atoms with van der Waals surface area (Å²) in [7, 11) is 8.35. The van der Waals surface area contributed by atoms with Crippen molar-refractivity contribution in [3.8, 4) is 5.75 Å². The summed E-state index contributed by atoms with van der Waals surface area (Å²) >= 11 is 0. The van der Waals surface area contributed by atoms with Crippen molar-refractivity contribution in [2.75, 3.05) is 53.2 Å². The monoisotopic (exact) mass is 611 g/mol. The lowest BCUT2D eigenvalue weighted by molar-refractivity contribution is -0.181. The average Bonchev–Trinajstić information content (AvgIpc) is 2.95. The van der Waals surface area contributed by atoms with Crippen molar-refractivity contribution in [1.29, 1.82) is 0 Å². The van der Waals surface area contributed by atoms with Gasteiger partial charge in [-0.25, -0.2) is 0 Å². The van der Waals surface area contributed by atoms with E-state index in [9.17, 15) is 39.0 Å². The number of nitrogens with one attached hydrogen (secondary N) is 1. The van der Waals surface area contributed by atoms with Crippen LogP contribution in [-0.2, 0) is 36.9 Å². The molecule has 4 aliphatic rings. The first-order chi connectivity index (χ1) is 20.6. The maximum absolute atomic E-state index is 14.2. The normalized spacial score (nSPS) is 30.9. The summed E-state index contributed by atoms with van der Waals surface area (Å²) in [5.41, 5.74) is 4.36. The molecule has 0 radical (unpaired) electrons. The lowest BCUT2D eigenvalue weighted by Crippen LogP contribution is -2.74. The Balaban J connectivity index is 1.54. The van der Waals surface area contributed by atoms with Crippen molar-refractivity contribution in [2.24, 2.45) is 35.3 Å². The molecule has 1 heterocycles. The van der Waals surface area contributed by atoms with Crippen LogP contribution in [0.5, 0.6) is 5.75 Å². The molecule has 5 rings (SSSR count). The van der Waals surface area contributed by atoms with Crippen molar-refractivity contribution in [1.82, 2.24) is 15.1 Å². The first-order valence-corrected chi connectivity index (χ1v) is 15.0. The number of nitrogens with two attached hydrogens (primary N) is 1. The number of carbonyl (C=O) groups is 6. The number of anilines is 1. The Labute approximate surface area is 255 Å². The number of phenolic OH excluding ortho intramolecular Hbond substituents is 1. The van der Waals surface area contributed by atoms with E-state index in [1.54, 1.807) is 21.1 Å². The van der Waals surface area contributed by atoms with E-state index < -0.39 is 64.4 Å². The van der Waals surface area contributed by atoms with Crippen LogP contribution in [0.15, 0.2) is 6.07 Å². The molecule has 0 aromatic heterocycles. The van der Waals surface area contributed by atoms with Gasteiger partial charge in [0.25, 0.3) is 0 Å². The van der Waals surface area contributed by atoms with Gasteiger partial charge >= 0.3 is 0 Å². The van der Waals surface area contributed by atoms with Crippen molar-refractivity contribution in [3.63, 3.8) is 0 Å². The van der Waals surface area contributed by atoms with E-state index in [0.717, 1.165) is 0 Å². The van der Waals surface area contributed by atoms with E-state index in [1.807, 2.05) is 25.1 Å². The molecule has 5 N–H and O–H groups in total. The first-order valence-electron chi connectivity index (χ1n) is 15.0.